The second-order valence-electron chi connectivity index (χ2n) is 22.5. The van der Waals surface area contributed by atoms with Crippen LogP contribution in [0.15, 0.2) is 91.0 Å². The number of nitrogens with zero attached hydrogens (tertiary/aromatic N) is 11. The fourth-order valence-electron chi connectivity index (χ4n) is 10.6. The maximum Gasteiger partial charge on any atom is 0.409 e. The summed E-state index contributed by atoms with van der Waals surface area (Å²) in [7, 11) is 3.07. The largest absolute Gasteiger partial charge is 0.495 e. The van der Waals surface area contributed by atoms with Gasteiger partial charge < -0.3 is 55.7 Å². The maximum absolute atomic E-state index is 14.1. The number of fused-ring (bicyclic) bond motifs is 4. The molecule has 0 fully saturated rings. The molecule has 1 aliphatic rings. The predicted octanol–water partition coefficient (Wildman–Crippen LogP) is 5.30. The zero-order valence-electron chi connectivity index (χ0n) is 52.9. The number of benzene rings is 3. The van der Waals surface area contributed by atoms with Crippen LogP contribution in [0.2, 0.25) is 0 Å². The minimum absolute atomic E-state index is 0.0405. The van der Waals surface area contributed by atoms with Crippen LogP contribution >= 0.6 is 0 Å². The van der Waals surface area contributed by atoms with Crippen molar-refractivity contribution in [3.8, 4) is 22.9 Å². The van der Waals surface area contributed by atoms with Gasteiger partial charge in [-0.15, -0.1) is 10.2 Å². The third-order valence-corrected chi connectivity index (χ3v) is 15.4. The minimum atomic E-state index is -1.01. The van der Waals surface area contributed by atoms with Crippen LogP contribution in [0.4, 0.5) is 16.4 Å². The number of allylic oxidation sites excluding steroid dienone is 2. The molecule has 0 unspecified atom stereocenters. The minimum Gasteiger partial charge on any atom is -0.495 e. The van der Waals surface area contributed by atoms with Crippen LogP contribution in [0, 0.1) is 19.8 Å². The lowest BCUT2D eigenvalue weighted by Crippen LogP contribution is -2.54. The molecule has 8 aromatic rings. The summed E-state index contributed by atoms with van der Waals surface area (Å²) in [4.78, 5) is 123. The van der Waals surface area contributed by atoms with Gasteiger partial charge in [-0.05, 0) is 107 Å². The lowest BCUT2D eigenvalue weighted by atomic mass is 10.0. The van der Waals surface area contributed by atoms with Gasteiger partial charge in [0.1, 0.15) is 52.6 Å². The van der Waals surface area contributed by atoms with Crippen molar-refractivity contribution < 1.29 is 57.4 Å². The molecule has 6 heterocycles. The number of carbonyl (C=O) groups is 9. The van der Waals surface area contributed by atoms with Gasteiger partial charge in [0, 0.05) is 87.1 Å². The number of anilines is 2. The van der Waals surface area contributed by atoms with Gasteiger partial charge in [-0.25, -0.2) is 9.78 Å². The van der Waals surface area contributed by atoms with E-state index in [-0.39, 0.29) is 80.1 Å². The number of rotatable bonds is 28. The normalized spacial score (nSPS) is 12.9. The lowest BCUT2D eigenvalue weighted by molar-refractivity contribution is -0.137. The number of hydrogen-bond donors (Lipinski definition) is 6. The van der Waals surface area contributed by atoms with Crippen molar-refractivity contribution in [3.63, 3.8) is 0 Å². The van der Waals surface area contributed by atoms with Crippen molar-refractivity contribution >= 4 is 98.0 Å². The van der Waals surface area contributed by atoms with E-state index >= 15 is 0 Å². The molecule has 486 valence electrons. The van der Waals surface area contributed by atoms with Crippen LogP contribution in [0.5, 0.6) is 11.5 Å². The molecule has 0 saturated heterocycles. The maximum atomic E-state index is 14.1. The molecule has 93 heavy (non-hydrogen) atoms. The van der Waals surface area contributed by atoms with Crippen LogP contribution in [-0.4, -0.2) is 153 Å². The number of amides is 9. The highest BCUT2D eigenvalue weighted by Gasteiger charge is 2.30. The van der Waals surface area contributed by atoms with Gasteiger partial charge in [-0.2, -0.15) is 10.2 Å². The third-order valence-electron chi connectivity index (χ3n) is 15.4. The lowest BCUT2D eigenvalue weighted by Gasteiger charge is -2.24. The highest BCUT2D eigenvalue weighted by molar-refractivity contribution is 6.13. The fourth-order valence-corrected chi connectivity index (χ4v) is 10.6. The third kappa shape index (κ3) is 15.0. The van der Waals surface area contributed by atoms with Gasteiger partial charge in [0.15, 0.2) is 0 Å². The number of methoxy groups -OCH3 is 1. The molecule has 0 radical (unpaired) electrons. The summed E-state index contributed by atoms with van der Waals surface area (Å²) in [6.45, 7) is 13.8. The Hall–Kier alpha value is -11.3. The van der Waals surface area contributed by atoms with E-state index in [2.05, 4.69) is 41.7 Å². The smallest absolute Gasteiger partial charge is 0.409 e. The van der Waals surface area contributed by atoms with Gasteiger partial charge in [0.2, 0.25) is 35.5 Å². The zero-order valence-corrected chi connectivity index (χ0v) is 52.9. The van der Waals surface area contributed by atoms with Crippen LogP contribution in [0.1, 0.15) is 95.6 Å². The molecule has 29 nitrogen and oxygen atoms in total. The number of hydrogen-bond acceptors (Lipinski definition) is 17. The average molecular weight is 1270 g/mol. The summed E-state index contributed by atoms with van der Waals surface area (Å²) in [5.41, 5.74) is 18.6. The van der Waals surface area contributed by atoms with E-state index in [1.165, 1.54) is 31.1 Å². The number of aryl methyl sites for hydroxylation is 4. The van der Waals surface area contributed by atoms with Gasteiger partial charge in [-0.3, -0.25) is 57.9 Å². The topological polar surface area (TPSA) is 372 Å². The van der Waals surface area contributed by atoms with E-state index in [1.807, 2.05) is 54.3 Å². The van der Waals surface area contributed by atoms with Gasteiger partial charge in [0.05, 0.1) is 47.3 Å². The van der Waals surface area contributed by atoms with Crippen molar-refractivity contribution in [1.29, 1.82) is 0 Å². The number of nitrogens with one attached hydrogen (secondary N) is 4. The molecule has 0 saturated carbocycles. The van der Waals surface area contributed by atoms with E-state index < -0.39 is 65.4 Å². The number of carbonyl (C=O) groups excluding carboxylic acids is 9. The van der Waals surface area contributed by atoms with Crippen LogP contribution in [0.25, 0.3) is 44.4 Å². The Morgan fingerprint density at radius 3 is 2.06 bits per heavy atom. The highest BCUT2D eigenvalue weighted by atomic mass is 16.6. The summed E-state index contributed by atoms with van der Waals surface area (Å²) >= 11 is 0. The average Bonchev–Trinajstić information content (AvgIpc) is 1.61. The quantitative estimate of drug-likeness (QED) is 0.0206. The Labute approximate surface area is 533 Å². The first-order valence-corrected chi connectivity index (χ1v) is 30.1. The van der Waals surface area contributed by atoms with Crippen molar-refractivity contribution in [2.75, 3.05) is 44.5 Å². The summed E-state index contributed by atoms with van der Waals surface area (Å²) in [5.74, 6) is -4.26. The van der Waals surface area contributed by atoms with E-state index in [0.717, 1.165) is 28.4 Å². The molecule has 8 N–H and O–H groups in total. The number of nitrogens with two attached hydrogens (primary N) is 2. The van der Waals surface area contributed by atoms with Crippen molar-refractivity contribution in [2.24, 2.45) is 17.4 Å². The molecule has 0 spiro atoms. The first-order chi connectivity index (χ1) is 44.5. The number of primary amides is 2. The number of imidazole rings is 1. The van der Waals surface area contributed by atoms with Crippen LogP contribution in [0.3, 0.4) is 0 Å². The summed E-state index contributed by atoms with van der Waals surface area (Å²) in [6.07, 6.45) is 5.48. The summed E-state index contributed by atoms with van der Waals surface area (Å²) in [5, 5.41) is 29.9. The van der Waals surface area contributed by atoms with Crippen molar-refractivity contribution in [3.05, 3.63) is 125 Å². The van der Waals surface area contributed by atoms with Gasteiger partial charge in [-0.1, -0.05) is 38.1 Å². The molecule has 9 amide bonds. The van der Waals surface area contributed by atoms with E-state index in [1.54, 1.807) is 79.5 Å². The Morgan fingerprint density at radius 1 is 0.742 bits per heavy atom. The number of imide groups is 1. The fraction of sp³-hybridized carbons (Fsp3) is 0.344. The Bertz CT molecular complexity index is 4290. The molecule has 1 aliphatic heterocycles. The highest BCUT2D eigenvalue weighted by Crippen LogP contribution is 2.37. The van der Waals surface area contributed by atoms with Gasteiger partial charge >= 0.3 is 6.09 Å². The number of ether oxygens (including phenoxy) is 3. The monoisotopic (exact) mass is 1270 g/mol. The molecule has 0 aliphatic carbocycles. The molecule has 3 aromatic carbocycles. The van der Waals surface area contributed by atoms with Crippen molar-refractivity contribution in [1.82, 2.24) is 64.3 Å². The molecule has 29 heteroatoms. The zero-order chi connectivity index (χ0) is 66.9. The summed E-state index contributed by atoms with van der Waals surface area (Å²) in [6, 6.07) is 16.3. The first-order valence-electron chi connectivity index (χ1n) is 30.1. The van der Waals surface area contributed by atoms with Crippen LogP contribution in [-0.2, 0) is 61.5 Å². The molecule has 0 bridgehead atoms. The molecule has 5 aromatic heterocycles. The van der Waals surface area contributed by atoms with Crippen LogP contribution < -0.4 is 42.2 Å². The second-order valence-corrected chi connectivity index (χ2v) is 22.5. The summed E-state index contributed by atoms with van der Waals surface area (Å²) < 4.78 is 25.0. The Balaban J connectivity index is 0.865. The number of aromatic nitrogens is 9. The SMILES string of the molecule is CCn1nc(C)cc1C(=O)Nc1nc2cc(C(N)=O)cc(OCCCN(C)C(=O)OCc3ccc(NC(=O)[C@H](C)NC(=O)[C@@H](NC(=O)CCN4C(=O)C=CC4=O)C(C)C)cc3)c2n1C/C=C/Cn1c2cc(-c3cc(C)nn3CC)nnc2c2cc(C(N)=O)cc(OC)c21. The Morgan fingerprint density at radius 2 is 1.40 bits per heavy atom. The van der Waals surface area contributed by atoms with E-state index in [4.69, 9.17) is 30.7 Å². The van der Waals surface area contributed by atoms with Crippen molar-refractivity contribution in [2.45, 2.75) is 106 Å². The molecular formula is C64H73N17O12. The second kappa shape index (κ2) is 28.7. The van der Waals surface area contributed by atoms with E-state index in [0.29, 0.717) is 81.0 Å². The molecular weight excluding hydrogens is 1200 g/mol. The first kappa shape index (κ1) is 66.2. The predicted molar refractivity (Wildman–Crippen MR) is 343 cm³/mol. The molecule has 2 atom stereocenters. The van der Waals surface area contributed by atoms with E-state index in [9.17, 15) is 43.2 Å². The Kier molecular flexibility index (Phi) is 20.4. The van der Waals surface area contributed by atoms with Gasteiger partial charge in [0.25, 0.3) is 17.7 Å². The standard InChI is InChI=1S/C64H73N17O12/c1-10-80-46(27-36(5)74-80)44-33-47-55(73-72-44)43-29-40(58(65)85)31-49(91-9)56(43)77(47)23-12-13-24-79-57-45(69-63(79)71-61(88)48-28-37(6)75-81(48)11-2)30-41(59(66)86)32-50(57)92-26-14-22-76(8)64(90)93-34-39-15-17-42(18-16-39)68-60(87)38(7)67-62(89)54(35(3)4)70-51(82)21-25-78-52(83)19-20-53(78)84/h12-13,15-20,27-33,35,38,54H,10-11,14,21-26,34H2,1-9H3,(H2,65,85)(H2,66,86)(H,67,89)(H,68,87)(H,70,82)(H,69,71,88)/b13-12+/t38-,54-/m0/s1. The molecule has 9 rings (SSSR count).